The molecule has 0 aromatic carbocycles. The van der Waals surface area contributed by atoms with E-state index in [-0.39, 0.29) is 18.3 Å². The van der Waals surface area contributed by atoms with Gasteiger partial charge < -0.3 is 19.0 Å². The van der Waals surface area contributed by atoms with Gasteiger partial charge in [-0.25, -0.2) is 0 Å². The molecular formula is C9H14O4. The molecule has 2 aliphatic rings. The van der Waals surface area contributed by atoms with E-state index >= 15 is 0 Å². The zero-order valence-electron chi connectivity index (χ0n) is 7.86. The molecule has 0 saturated carbocycles. The Morgan fingerprint density at radius 2 is 2.23 bits per heavy atom. The molecule has 74 valence electrons. The molecule has 0 aliphatic carbocycles. The van der Waals surface area contributed by atoms with Crippen LogP contribution in [-0.4, -0.2) is 37.0 Å². The van der Waals surface area contributed by atoms with E-state index in [0.29, 0.717) is 13.0 Å². The van der Waals surface area contributed by atoms with Gasteiger partial charge >= 0.3 is 0 Å². The molecule has 4 heteroatoms. The summed E-state index contributed by atoms with van der Waals surface area (Å²) in [6.07, 6.45) is 1.06. The molecule has 0 aromatic rings. The lowest BCUT2D eigenvalue weighted by molar-refractivity contribution is -0.175. The molecule has 0 aromatic heterocycles. The van der Waals surface area contributed by atoms with Crippen LogP contribution >= 0.6 is 0 Å². The van der Waals surface area contributed by atoms with E-state index < -0.39 is 5.79 Å². The van der Waals surface area contributed by atoms with Gasteiger partial charge in [0.15, 0.2) is 5.79 Å². The van der Waals surface area contributed by atoms with E-state index in [1.165, 1.54) is 0 Å². The van der Waals surface area contributed by atoms with Crippen molar-refractivity contribution in [1.29, 1.82) is 0 Å². The Morgan fingerprint density at radius 1 is 1.46 bits per heavy atom. The second-order valence-electron chi connectivity index (χ2n) is 3.91. The van der Waals surface area contributed by atoms with Gasteiger partial charge in [0, 0.05) is 6.42 Å². The van der Waals surface area contributed by atoms with E-state index in [9.17, 15) is 4.79 Å². The summed E-state index contributed by atoms with van der Waals surface area (Å²) in [5.74, 6) is -0.528. The van der Waals surface area contributed by atoms with Crippen LogP contribution in [0, 0.1) is 0 Å². The highest BCUT2D eigenvalue weighted by molar-refractivity contribution is 5.50. The Bertz CT molecular complexity index is 214. The highest BCUT2D eigenvalue weighted by Gasteiger charge is 2.49. The second kappa shape index (κ2) is 3.04. The second-order valence-corrected chi connectivity index (χ2v) is 3.91. The van der Waals surface area contributed by atoms with Crippen LogP contribution in [0.2, 0.25) is 0 Å². The zero-order valence-corrected chi connectivity index (χ0v) is 7.86. The molecule has 13 heavy (non-hydrogen) atoms. The molecule has 0 radical (unpaired) electrons. The number of carbonyl (C=O) groups excluding carboxylic acids is 1. The molecule has 0 bridgehead atoms. The number of rotatable bonds is 2. The lowest BCUT2D eigenvalue weighted by atomic mass is 10.1. The van der Waals surface area contributed by atoms with Crippen LogP contribution < -0.4 is 0 Å². The van der Waals surface area contributed by atoms with E-state index in [2.05, 4.69) is 0 Å². The third kappa shape index (κ3) is 1.61. The van der Waals surface area contributed by atoms with Crippen LogP contribution in [0.25, 0.3) is 0 Å². The molecule has 3 atom stereocenters. The molecule has 2 saturated heterocycles. The normalized spacial score (nSPS) is 41.8. The van der Waals surface area contributed by atoms with E-state index in [1.54, 1.807) is 0 Å². The van der Waals surface area contributed by atoms with Gasteiger partial charge in [0.25, 0.3) is 0 Å². The number of ether oxygens (including phenoxy) is 3. The number of fused-ring (bicyclic) bond motifs is 1. The van der Waals surface area contributed by atoms with E-state index in [1.807, 2.05) is 13.8 Å². The smallest absolute Gasteiger partial charge is 0.164 e. The van der Waals surface area contributed by atoms with Crippen molar-refractivity contribution < 1.29 is 19.0 Å². The Balaban J connectivity index is 2.03. The standard InChI is InChI=1S/C9H14O4/c1-9(2)12-7-5-11-6(3-4-10)8(7)13-9/h4,6-8H,3,5H2,1-2H3/t6-,7?,8?/m0/s1. The fourth-order valence-corrected chi connectivity index (χ4v) is 1.92. The third-order valence-corrected chi connectivity index (χ3v) is 2.39. The molecule has 0 amide bonds. The molecular weight excluding hydrogens is 172 g/mol. The number of carbonyl (C=O) groups is 1. The largest absolute Gasteiger partial charge is 0.372 e. The summed E-state index contributed by atoms with van der Waals surface area (Å²) in [6, 6.07) is 0. The summed E-state index contributed by atoms with van der Waals surface area (Å²) in [6.45, 7) is 4.29. The van der Waals surface area contributed by atoms with Gasteiger partial charge in [-0.15, -0.1) is 0 Å². The molecule has 2 aliphatic heterocycles. The summed E-state index contributed by atoms with van der Waals surface area (Å²) in [5, 5.41) is 0. The summed E-state index contributed by atoms with van der Waals surface area (Å²) < 4.78 is 16.6. The molecule has 2 fully saturated rings. The first-order chi connectivity index (χ1) is 6.12. The Kier molecular flexibility index (Phi) is 2.14. The molecule has 2 heterocycles. The Morgan fingerprint density at radius 3 is 2.92 bits per heavy atom. The van der Waals surface area contributed by atoms with Gasteiger partial charge in [-0.3, -0.25) is 0 Å². The van der Waals surface area contributed by atoms with Crippen LogP contribution in [0.3, 0.4) is 0 Å². The van der Waals surface area contributed by atoms with E-state index in [4.69, 9.17) is 14.2 Å². The highest BCUT2D eigenvalue weighted by Crippen LogP contribution is 2.35. The van der Waals surface area contributed by atoms with Crippen molar-refractivity contribution in [3.05, 3.63) is 0 Å². The number of hydrogen-bond donors (Lipinski definition) is 0. The van der Waals surface area contributed by atoms with Crippen molar-refractivity contribution >= 4 is 6.29 Å². The lowest BCUT2D eigenvalue weighted by Crippen LogP contribution is -2.29. The Hall–Kier alpha value is -0.450. The molecule has 0 N–H and O–H groups in total. The molecule has 2 unspecified atom stereocenters. The van der Waals surface area contributed by atoms with Crippen molar-refractivity contribution in [2.45, 2.75) is 44.4 Å². The maximum Gasteiger partial charge on any atom is 0.164 e. The Labute approximate surface area is 77.1 Å². The predicted octanol–water partition coefficient (Wildman–Crippen LogP) is 0.494. The number of hydrogen-bond acceptors (Lipinski definition) is 4. The summed E-state index contributed by atoms with van der Waals surface area (Å²) >= 11 is 0. The average Bonchev–Trinajstić information content (AvgIpc) is 2.48. The average molecular weight is 186 g/mol. The summed E-state index contributed by atoms with van der Waals surface area (Å²) in [7, 11) is 0. The fraction of sp³-hybridized carbons (Fsp3) is 0.889. The first-order valence-corrected chi connectivity index (χ1v) is 4.53. The van der Waals surface area contributed by atoms with Gasteiger partial charge in [0.1, 0.15) is 18.5 Å². The SMILES string of the molecule is CC1(C)OC2CO[C@@H](CC=O)C2O1. The van der Waals surface area contributed by atoms with Crippen LogP contribution in [0.5, 0.6) is 0 Å². The fourth-order valence-electron chi connectivity index (χ4n) is 1.92. The molecule has 4 nitrogen and oxygen atoms in total. The van der Waals surface area contributed by atoms with Crippen molar-refractivity contribution in [1.82, 2.24) is 0 Å². The van der Waals surface area contributed by atoms with Gasteiger partial charge in [0.2, 0.25) is 0 Å². The van der Waals surface area contributed by atoms with Crippen LogP contribution in [0.1, 0.15) is 20.3 Å². The summed E-state index contributed by atoms with van der Waals surface area (Å²) in [5.41, 5.74) is 0. The maximum atomic E-state index is 10.3. The van der Waals surface area contributed by atoms with Crippen molar-refractivity contribution in [3.8, 4) is 0 Å². The van der Waals surface area contributed by atoms with E-state index in [0.717, 1.165) is 6.29 Å². The first kappa shape index (κ1) is 9.12. The van der Waals surface area contributed by atoms with Crippen molar-refractivity contribution in [2.24, 2.45) is 0 Å². The molecule has 0 spiro atoms. The summed E-state index contributed by atoms with van der Waals surface area (Å²) in [4.78, 5) is 10.3. The van der Waals surface area contributed by atoms with Crippen LogP contribution in [-0.2, 0) is 19.0 Å². The lowest BCUT2D eigenvalue weighted by Gasteiger charge is -2.20. The maximum absolute atomic E-state index is 10.3. The van der Waals surface area contributed by atoms with Crippen molar-refractivity contribution in [2.75, 3.05) is 6.61 Å². The van der Waals surface area contributed by atoms with Gasteiger partial charge in [-0.2, -0.15) is 0 Å². The topological polar surface area (TPSA) is 44.8 Å². The molecule has 2 rings (SSSR count). The van der Waals surface area contributed by atoms with Crippen molar-refractivity contribution in [3.63, 3.8) is 0 Å². The van der Waals surface area contributed by atoms with Gasteiger partial charge in [0.05, 0.1) is 12.7 Å². The number of aldehydes is 1. The third-order valence-electron chi connectivity index (χ3n) is 2.39. The minimum Gasteiger partial charge on any atom is -0.372 e. The van der Waals surface area contributed by atoms with Gasteiger partial charge in [-0.05, 0) is 13.8 Å². The first-order valence-electron chi connectivity index (χ1n) is 4.53. The minimum atomic E-state index is -0.528. The monoisotopic (exact) mass is 186 g/mol. The van der Waals surface area contributed by atoms with Crippen LogP contribution in [0.4, 0.5) is 0 Å². The minimum absolute atomic E-state index is 0.0000463. The zero-order chi connectivity index (χ0) is 9.47. The van der Waals surface area contributed by atoms with Crippen LogP contribution in [0.15, 0.2) is 0 Å². The quantitative estimate of drug-likeness (QED) is 0.589. The van der Waals surface area contributed by atoms with Gasteiger partial charge in [-0.1, -0.05) is 0 Å². The highest BCUT2D eigenvalue weighted by atomic mass is 16.8. The predicted molar refractivity (Wildman–Crippen MR) is 44.2 cm³/mol.